The van der Waals surface area contributed by atoms with E-state index in [1.54, 1.807) is 0 Å². The van der Waals surface area contributed by atoms with Gasteiger partial charge in [-0.3, -0.25) is 10.1 Å². The van der Waals surface area contributed by atoms with Crippen LogP contribution in [0.3, 0.4) is 0 Å². The maximum atomic E-state index is 13.3. The van der Waals surface area contributed by atoms with Crippen molar-refractivity contribution >= 4 is 28.2 Å². The van der Waals surface area contributed by atoms with E-state index in [9.17, 15) is 9.18 Å². The van der Waals surface area contributed by atoms with Crippen LogP contribution in [0.2, 0.25) is 0 Å². The standard InChI is InChI=1S/C13H16FN5OS/c1-3-5-15-11-9(6-8(14)7-16-11)12(20)17-13-19-18-10(4-2)21-13/h6-7H,3-5H2,1-2H3,(H,15,16)(H,17,19,20). The van der Waals surface area contributed by atoms with Crippen molar-refractivity contribution in [3.05, 3.63) is 28.7 Å². The van der Waals surface area contributed by atoms with Gasteiger partial charge in [0.2, 0.25) is 5.13 Å². The van der Waals surface area contributed by atoms with E-state index in [4.69, 9.17) is 0 Å². The van der Waals surface area contributed by atoms with E-state index in [2.05, 4.69) is 25.8 Å². The summed E-state index contributed by atoms with van der Waals surface area (Å²) in [5.74, 6) is -0.663. The van der Waals surface area contributed by atoms with Crippen LogP contribution in [0.1, 0.15) is 35.6 Å². The van der Waals surface area contributed by atoms with Gasteiger partial charge in [-0.15, -0.1) is 10.2 Å². The zero-order valence-corrected chi connectivity index (χ0v) is 12.6. The molecule has 1 amide bonds. The van der Waals surface area contributed by atoms with Gasteiger partial charge in [0.25, 0.3) is 5.91 Å². The predicted molar refractivity (Wildman–Crippen MR) is 80.2 cm³/mol. The predicted octanol–water partition coefficient (Wildman–Crippen LogP) is 2.71. The summed E-state index contributed by atoms with van der Waals surface area (Å²) in [6.07, 6.45) is 2.70. The number of rotatable bonds is 6. The van der Waals surface area contributed by atoms with Crippen LogP contribution in [0.25, 0.3) is 0 Å². The first-order valence-electron chi connectivity index (χ1n) is 6.67. The summed E-state index contributed by atoms with van der Waals surface area (Å²) in [6, 6.07) is 1.15. The molecular weight excluding hydrogens is 293 g/mol. The number of aromatic nitrogens is 3. The van der Waals surface area contributed by atoms with Crippen molar-refractivity contribution in [1.82, 2.24) is 15.2 Å². The third kappa shape index (κ3) is 3.94. The van der Waals surface area contributed by atoms with E-state index in [0.717, 1.165) is 30.1 Å². The summed E-state index contributed by atoms with van der Waals surface area (Å²) in [6.45, 7) is 4.59. The molecular formula is C13H16FN5OS. The van der Waals surface area contributed by atoms with Crippen LogP contribution in [-0.2, 0) is 6.42 Å². The molecule has 0 atom stereocenters. The van der Waals surface area contributed by atoms with E-state index in [-0.39, 0.29) is 5.56 Å². The first-order valence-corrected chi connectivity index (χ1v) is 7.48. The molecule has 8 heteroatoms. The largest absolute Gasteiger partial charge is 0.369 e. The van der Waals surface area contributed by atoms with Gasteiger partial charge in [-0.1, -0.05) is 25.2 Å². The molecule has 0 spiro atoms. The Morgan fingerprint density at radius 3 is 2.86 bits per heavy atom. The van der Waals surface area contributed by atoms with Gasteiger partial charge in [0.1, 0.15) is 16.6 Å². The Kier molecular flexibility index (Phi) is 5.15. The number of aryl methyl sites for hydroxylation is 1. The third-order valence-electron chi connectivity index (χ3n) is 2.63. The minimum absolute atomic E-state index is 0.150. The van der Waals surface area contributed by atoms with Gasteiger partial charge in [-0.2, -0.15) is 0 Å². The van der Waals surface area contributed by atoms with E-state index in [1.807, 2.05) is 13.8 Å². The van der Waals surface area contributed by atoms with Crippen LogP contribution in [0.15, 0.2) is 12.3 Å². The minimum atomic E-state index is -0.561. The molecule has 0 radical (unpaired) electrons. The van der Waals surface area contributed by atoms with Gasteiger partial charge >= 0.3 is 0 Å². The summed E-state index contributed by atoms with van der Waals surface area (Å²) in [4.78, 5) is 16.1. The van der Waals surface area contributed by atoms with Gasteiger partial charge in [0.15, 0.2) is 0 Å². The number of pyridine rings is 1. The lowest BCUT2D eigenvalue weighted by molar-refractivity contribution is 0.102. The van der Waals surface area contributed by atoms with Gasteiger partial charge in [-0.05, 0) is 18.9 Å². The van der Waals surface area contributed by atoms with Crippen LogP contribution in [0.4, 0.5) is 15.3 Å². The average molecular weight is 309 g/mol. The summed E-state index contributed by atoms with van der Waals surface area (Å²) in [5, 5.41) is 14.6. The van der Waals surface area contributed by atoms with Crippen molar-refractivity contribution in [1.29, 1.82) is 0 Å². The lowest BCUT2D eigenvalue weighted by atomic mass is 10.2. The van der Waals surface area contributed by atoms with E-state index in [0.29, 0.717) is 17.5 Å². The van der Waals surface area contributed by atoms with E-state index >= 15 is 0 Å². The Morgan fingerprint density at radius 1 is 1.38 bits per heavy atom. The fourth-order valence-electron chi connectivity index (χ4n) is 1.61. The second-order valence-corrected chi connectivity index (χ2v) is 5.35. The lowest BCUT2D eigenvalue weighted by Gasteiger charge is -2.09. The van der Waals surface area contributed by atoms with Crippen LogP contribution in [0, 0.1) is 5.82 Å². The number of anilines is 2. The number of hydrogen-bond acceptors (Lipinski definition) is 6. The van der Waals surface area contributed by atoms with Crippen molar-refractivity contribution < 1.29 is 9.18 Å². The molecule has 0 fully saturated rings. The fraction of sp³-hybridized carbons (Fsp3) is 0.385. The van der Waals surface area contributed by atoms with Crippen LogP contribution < -0.4 is 10.6 Å². The molecule has 2 rings (SSSR count). The number of halogens is 1. The minimum Gasteiger partial charge on any atom is -0.369 e. The van der Waals surface area contributed by atoms with Gasteiger partial charge in [0.05, 0.1) is 11.8 Å². The van der Waals surface area contributed by atoms with Gasteiger partial charge < -0.3 is 5.32 Å². The molecule has 112 valence electrons. The molecule has 0 saturated heterocycles. The topological polar surface area (TPSA) is 79.8 Å². The van der Waals surface area contributed by atoms with Crippen LogP contribution in [-0.4, -0.2) is 27.6 Å². The maximum Gasteiger partial charge on any atom is 0.261 e. The highest BCUT2D eigenvalue weighted by Gasteiger charge is 2.16. The number of carbonyl (C=O) groups excluding carboxylic acids is 1. The van der Waals surface area contributed by atoms with Gasteiger partial charge in [-0.25, -0.2) is 9.37 Å². The molecule has 0 unspecified atom stereocenters. The summed E-state index contributed by atoms with van der Waals surface area (Å²) in [5.41, 5.74) is 0.150. The Balaban J connectivity index is 2.18. The molecule has 0 aromatic carbocycles. The molecule has 0 aliphatic carbocycles. The summed E-state index contributed by atoms with van der Waals surface area (Å²) < 4.78 is 13.3. The number of nitrogens with zero attached hydrogens (tertiary/aromatic N) is 3. The molecule has 0 aliphatic heterocycles. The Hall–Kier alpha value is -2.09. The van der Waals surface area contributed by atoms with Crippen LogP contribution >= 0.6 is 11.3 Å². The normalized spacial score (nSPS) is 10.4. The molecule has 0 bridgehead atoms. The molecule has 21 heavy (non-hydrogen) atoms. The Morgan fingerprint density at radius 2 is 2.19 bits per heavy atom. The monoisotopic (exact) mass is 309 g/mol. The molecule has 2 N–H and O–H groups in total. The van der Waals surface area contributed by atoms with Crippen molar-refractivity contribution in [3.8, 4) is 0 Å². The highest BCUT2D eigenvalue weighted by atomic mass is 32.1. The number of carbonyl (C=O) groups is 1. The van der Waals surface area contributed by atoms with Crippen molar-refractivity contribution in [2.24, 2.45) is 0 Å². The maximum absolute atomic E-state index is 13.3. The molecule has 6 nitrogen and oxygen atoms in total. The SMILES string of the molecule is CCCNc1ncc(F)cc1C(=O)Nc1nnc(CC)s1. The second-order valence-electron chi connectivity index (χ2n) is 4.29. The third-order valence-corrected chi connectivity index (χ3v) is 3.61. The van der Waals surface area contributed by atoms with E-state index in [1.165, 1.54) is 11.3 Å². The fourth-order valence-corrected chi connectivity index (χ4v) is 2.28. The van der Waals surface area contributed by atoms with Gasteiger partial charge in [0, 0.05) is 6.54 Å². The molecule has 2 aromatic rings. The number of amides is 1. The Bertz CT molecular complexity index is 631. The highest BCUT2D eigenvalue weighted by Crippen LogP contribution is 2.19. The van der Waals surface area contributed by atoms with Crippen molar-refractivity contribution in [2.75, 3.05) is 17.2 Å². The molecule has 0 saturated carbocycles. The smallest absolute Gasteiger partial charge is 0.261 e. The van der Waals surface area contributed by atoms with E-state index < -0.39 is 11.7 Å². The van der Waals surface area contributed by atoms with Crippen LogP contribution in [0.5, 0.6) is 0 Å². The highest BCUT2D eigenvalue weighted by molar-refractivity contribution is 7.15. The Labute approximate surface area is 125 Å². The zero-order valence-electron chi connectivity index (χ0n) is 11.8. The molecule has 2 aromatic heterocycles. The molecule has 0 aliphatic rings. The zero-order chi connectivity index (χ0) is 15.2. The number of hydrogen-bond donors (Lipinski definition) is 2. The quantitative estimate of drug-likeness (QED) is 0.857. The summed E-state index contributed by atoms with van der Waals surface area (Å²) >= 11 is 1.30. The van der Waals surface area contributed by atoms with Crippen molar-refractivity contribution in [2.45, 2.75) is 26.7 Å². The summed E-state index contributed by atoms with van der Waals surface area (Å²) in [7, 11) is 0. The second kappa shape index (κ2) is 7.07. The first-order chi connectivity index (χ1) is 10.1. The van der Waals surface area contributed by atoms with Crippen molar-refractivity contribution in [3.63, 3.8) is 0 Å². The lowest BCUT2D eigenvalue weighted by Crippen LogP contribution is -2.16. The first kappa shape index (κ1) is 15.3. The number of nitrogens with one attached hydrogen (secondary N) is 2. The molecule has 2 heterocycles. The average Bonchev–Trinajstić information content (AvgIpc) is 2.93.